The number of aromatic nitrogens is 2. The minimum absolute atomic E-state index is 0.361. The highest BCUT2D eigenvalue weighted by molar-refractivity contribution is 5.68. The third kappa shape index (κ3) is 2.50. The predicted molar refractivity (Wildman–Crippen MR) is 98.3 cm³/mol. The fraction of sp³-hybridized carbons (Fsp3) is 0.200. The molecule has 120 valence electrons. The van der Waals surface area contributed by atoms with E-state index in [4.69, 9.17) is 4.98 Å². The molecule has 0 saturated carbocycles. The molecule has 1 aliphatic rings. The van der Waals surface area contributed by atoms with Crippen molar-refractivity contribution in [2.24, 2.45) is 0 Å². The quantitative estimate of drug-likeness (QED) is 0.720. The van der Waals surface area contributed by atoms with Crippen molar-refractivity contribution in [2.75, 3.05) is 16.8 Å². The lowest BCUT2D eigenvalue weighted by Gasteiger charge is -2.24. The van der Waals surface area contributed by atoms with Crippen LogP contribution in [0.1, 0.15) is 12.5 Å². The molecule has 4 nitrogen and oxygen atoms in total. The van der Waals surface area contributed by atoms with Gasteiger partial charge in [-0.3, -0.25) is 0 Å². The molecule has 0 aliphatic carbocycles. The smallest absolute Gasteiger partial charge is 0.232 e. The molecule has 0 N–H and O–H groups in total. The minimum Gasteiger partial charge on any atom is -0.329 e. The number of fused-ring (bicyclic) bond motifs is 1. The van der Waals surface area contributed by atoms with Gasteiger partial charge in [0.1, 0.15) is 5.82 Å². The van der Waals surface area contributed by atoms with Gasteiger partial charge < -0.3 is 9.80 Å². The van der Waals surface area contributed by atoms with Crippen molar-refractivity contribution in [3.63, 3.8) is 0 Å². The van der Waals surface area contributed by atoms with Gasteiger partial charge in [-0.05, 0) is 43.2 Å². The van der Waals surface area contributed by atoms with Crippen molar-refractivity contribution in [1.29, 1.82) is 0 Å². The Morgan fingerprint density at radius 1 is 1.00 bits per heavy atom. The van der Waals surface area contributed by atoms with Crippen LogP contribution in [0.15, 0.2) is 66.9 Å². The lowest BCUT2D eigenvalue weighted by molar-refractivity contribution is 0.739. The maximum absolute atomic E-state index is 4.82. The molecule has 3 aromatic rings. The van der Waals surface area contributed by atoms with Crippen LogP contribution in [0.5, 0.6) is 0 Å². The second-order valence-corrected chi connectivity index (χ2v) is 6.16. The van der Waals surface area contributed by atoms with E-state index in [2.05, 4.69) is 58.1 Å². The monoisotopic (exact) mass is 316 g/mol. The van der Waals surface area contributed by atoms with Crippen LogP contribution in [0.4, 0.5) is 23.1 Å². The summed E-state index contributed by atoms with van der Waals surface area (Å²) >= 11 is 0. The molecule has 4 rings (SSSR count). The molecule has 0 fully saturated rings. The third-order valence-electron chi connectivity index (χ3n) is 4.54. The molecular weight excluding hydrogens is 296 g/mol. The van der Waals surface area contributed by atoms with Crippen molar-refractivity contribution in [2.45, 2.75) is 19.4 Å². The standard InChI is InChI=1S/C20H20N4/c1-15-14-16-8-6-7-11-18(16)24(15)20-21-13-12-19(22-20)23(2)17-9-4-3-5-10-17/h3-13,15H,14H2,1-2H3. The number of para-hydroxylation sites is 2. The van der Waals surface area contributed by atoms with E-state index in [1.54, 1.807) is 0 Å². The lowest BCUT2D eigenvalue weighted by atomic mass is 10.1. The van der Waals surface area contributed by atoms with Crippen molar-refractivity contribution >= 4 is 23.1 Å². The van der Waals surface area contributed by atoms with Crippen molar-refractivity contribution in [3.05, 3.63) is 72.4 Å². The normalized spacial score (nSPS) is 16.1. The van der Waals surface area contributed by atoms with E-state index in [-0.39, 0.29) is 0 Å². The molecule has 1 atom stereocenters. The number of rotatable bonds is 3. The second kappa shape index (κ2) is 5.96. The average Bonchev–Trinajstić information content (AvgIpc) is 2.97. The Morgan fingerprint density at radius 2 is 1.75 bits per heavy atom. The van der Waals surface area contributed by atoms with Crippen LogP contribution in [-0.2, 0) is 6.42 Å². The van der Waals surface area contributed by atoms with Gasteiger partial charge in [0.25, 0.3) is 0 Å². The molecule has 0 spiro atoms. The van der Waals surface area contributed by atoms with Crippen LogP contribution >= 0.6 is 0 Å². The van der Waals surface area contributed by atoms with Crippen LogP contribution in [-0.4, -0.2) is 23.1 Å². The summed E-state index contributed by atoms with van der Waals surface area (Å²) in [5, 5.41) is 0. The van der Waals surface area contributed by atoms with Crippen LogP contribution in [0, 0.1) is 0 Å². The van der Waals surface area contributed by atoms with Gasteiger partial charge in [-0.25, -0.2) is 4.98 Å². The van der Waals surface area contributed by atoms with Gasteiger partial charge in [-0.15, -0.1) is 0 Å². The zero-order valence-corrected chi connectivity index (χ0v) is 13.9. The van der Waals surface area contributed by atoms with Crippen molar-refractivity contribution < 1.29 is 0 Å². The molecule has 0 saturated heterocycles. The van der Waals surface area contributed by atoms with Gasteiger partial charge in [-0.2, -0.15) is 4.98 Å². The largest absolute Gasteiger partial charge is 0.329 e. The van der Waals surface area contributed by atoms with E-state index in [1.807, 2.05) is 37.5 Å². The first kappa shape index (κ1) is 14.7. The van der Waals surface area contributed by atoms with Crippen LogP contribution in [0.25, 0.3) is 0 Å². The zero-order valence-electron chi connectivity index (χ0n) is 13.9. The summed E-state index contributed by atoms with van der Waals surface area (Å²) in [6.07, 6.45) is 2.86. The van der Waals surface area contributed by atoms with E-state index in [0.717, 1.165) is 23.9 Å². The second-order valence-electron chi connectivity index (χ2n) is 6.16. The fourth-order valence-electron chi connectivity index (χ4n) is 3.30. The van der Waals surface area contributed by atoms with Crippen LogP contribution < -0.4 is 9.80 Å². The first-order valence-corrected chi connectivity index (χ1v) is 8.23. The molecule has 1 aliphatic heterocycles. The Labute approximate surface area is 142 Å². The van der Waals surface area contributed by atoms with Gasteiger partial charge in [0.15, 0.2) is 0 Å². The maximum atomic E-state index is 4.82. The Balaban J connectivity index is 1.71. The number of hydrogen-bond donors (Lipinski definition) is 0. The minimum atomic E-state index is 0.361. The molecular formula is C20H20N4. The molecule has 2 aromatic carbocycles. The highest BCUT2D eigenvalue weighted by atomic mass is 15.3. The van der Waals surface area contributed by atoms with Crippen molar-refractivity contribution in [3.8, 4) is 0 Å². The summed E-state index contributed by atoms with van der Waals surface area (Å²) in [6.45, 7) is 2.22. The average molecular weight is 316 g/mol. The topological polar surface area (TPSA) is 32.3 Å². The third-order valence-corrected chi connectivity index (χ3v) is 4.54. The van der Waals surface area contributed by atoms with E-state index in [1.165, 1.54) is 11.3 Å². The summed E-state index contributed by atoms with van der Waals surface area (Å²) in [7, 11) is 2.03. The molecule has 0 amide bonds. The predicted octanol–water partition coefficient (Wildman–Crippen LogP) is 4.33. The fourth-order valence-corrected chi connectivity index (χ4v) is 3.30. The summed E-state index contributed by atoms with van der Waals surface area (Å²) in [6, 6.07) is 21.1. The summed E-state index contributed by atoms with van der Waals surface area (Å²) < 4.78 is 0. The van der Waals surface area contributed by atoms with Gasteiger partial charge >= 0.3 is 0 Å². The highest BCUT2D eigenvalue weighted by Gasteiger charge is 2.28. The Hall–Kier alpha value is -2.88. The van der Waals surface area contributed by atoms with Gasteiger partial charge in [0, 0.05) is 30.7 Å². The van der Waals surface area contributed by atoms with E-state index in [0.29, 0.717) is 6.04 Å². The number of hydrogen-bond acceptors (Lipinski definition) is 4. The summed E-state index contributed by atoms with van der Waals surface area (Å²) in [4.78, 5) is 13.7. The van der Waals surface area contributed by atoms with Gasteiger partial charge in [-0.1, -0.05) is 36.4 Å². The lowest BCUT2D eigenvalue weighted by Crippen LogP contribution is -2.26. The summed E-state index contributed by atoms with van der Waals surface area (Å²) in [5.74, 6) is 1.65. The number of nitrogens with zero attached hydrogens (tertiary/aromatic N) is 4. The Morgan fingerprint density at radius 3 is 2.58 bits per heavy atom. The Bertz CT molecular complexity index is 847. The zero-order chi connectivity index (χ0) is 16.5. The number of benzene rings is 2. The van der Waals surface area contributed by atoms with E-state index >= 15 is 0 Å². The maximum Gasteiger partial charge on any atom is 0.232 e. The molecule has 1 aromatic heterocycles. The van der Waals surface area contributed by atoms with Crippen LogP contribution in [0.3, 0.4) is 0 Å². The van der Waals surface area contributed by atoms with Gasteiger partial charge in [0.05, 0.1) is 0 Å². The molecule has 24 heavy (non-hydrogen) atoms. The molecule has 2 heterocycles. The summed E-state index contributed by atoms with van der Waals surface area (Å²) in [5.41, 5.74) is 3.68. The molecule has 4 heteroatoms. The first-order chi connectivity index (χ1) is 11.7. The highest BCUT2D eigenvalue weighted by Crippen LogP contribution is 2.36. The van der Waals surface area contributed by atoms with E-state index < -0.39 is 0 Å². The SMILES string of the molecule is CC1Cc2ccccc2N1c1nccc(N(C)c2ccccc2)n1. The van der Waals surface area contributed by atoms with Crippen molar-refractivity contribution in [1.82, 2.24) is 9.97 Å². The number of anilines is 4. The first-order valence-electron chi connectivity index (χ1n) is 8.23. The molecule has 0 bridgehead atoms. The van der Waals surface area contributed by atoms with Gasteiger partial charge in [0.2, 0.25) is 5.95 Å². The Kier molecular flexibility index (Phi) is 3.65. The molecule has 1 unspecified atom stereocenters. The molecule has 0 radical (unpaired) electrons. The van der Waals surface area contributed by atoms with E-state index in [9.17, 15) is 0 Å². The van der Waals surface area contributed by atoms with Crippen LogP contribution in [0.2, 0.25) is 0 Å².